The highest BCUT2D eigenvalue weighted by atomic mass is 35.5. The Balaban J connectivity index is 1.89. The molecule has 0 radical (unpaired) electrons. The van der Waals surface area contributed by atoms with Crippen molar-refractivity contribution in [3.63, 3.8) is 0 Å². The molecule has 0 aliphatic rings. The van der Waals surface area contributed by atoms with Gasteiger partial charge in [-0.2, -0.15) is 0 Å². The van der Waals surface area contributed by atoms with Crippen molar-refractivity contribution >= 4 is 40.7 Å². The molecule has 0 heterocycles. The molecule has 2 aromatic carbocycles. The summed E-state index contributed by atoms with van der Waals surface area (Å²) in [5, 5.41) is 0.448. The number of nitrogens with one attached hydrogen (secondary N) is 2. The normalized spacial score (nSPS) is 9.96. The SMILES string of the molecule is Nc1ccccc1C(=O)NNC(=O)C(=O)CC(=O)c1ccc(Cl)cc1. The molecule has 0 aliphatic carbocycles. The lowest BCUT2D eigenvalue weighted by molar-refractivity contribution is -0.137. The van der Waals surface area contributed by atoms with Crippen LogP contribution < -0.4 is 16.6 Å². The fraction of sp³-hybridized carbons (Fsp3) is 0.0588. The molecule has 4 N–H and O–H groups in total. The minimum absolute atomic E-state index is 0.146. The molecule has 0 spiro atoms. The number of amides is 2. The van der Waals surface area contributed by atoms with Crippen LogP contribution in [0.4, 0.5) is 5.69 Å². The van der Waals surface area contributed by atoms with Crippen LogP contribution in [0.2, 0.25) is 5.02 Å². The number of nitrogen functional groups attached to an aromatic ring is 1. The van der Waals surface area contributed by atoms with E-state index in [0.717, 1.165) is 0 Å². The van der Waals surface area contributed by atoms with E-state index in [0.29, 0.717) is 5.02 Å². The summed E-state index contributed by atoms with van der Waals surface area (Å²) in [4.78, 5) is 47.3. The van der Waals surface area contributed by atoms with Crippen LogP contribution in [-0.4, -0.2) is 23.4 Å². The highest BCUT2D eigenvalue weighted by Crippen LogP contribution is 2.11. The zero-order valence-electron chi connectivity index (χ0n) is 12.9. The molecule has 0 aromatic heterocycles. The number of para-hydroxylation sites is 1. The molecule has 0 aliphatic heterocycles. The first-order valence-electron chi connectivity index (χ1n) is 7.15. The predicted molar refractivity (Wildman–Crippen MR) is 91.9 cm³/mol. The molecule has 2 rings (SSSR count). The Kier molecular flexibility index (Phi) is 5.86. The predicted octanol–water partition coefficient (Wildman–Crippen LogP) is 1.53. The maximum absolute atomic E-state index is 11.9. The lowest BCUT2D eigenvalue weighted by Crippen LogP contribution is -2.45. The standard InChI is InChI=1S/C17H14ClN3O4/c18-11-7-5-10(6-8-11)14(22)9-15(23)17(25)21-20-16(24)12-3-1-2-4-13(12)19/h1-8H,9,19H2,(H,20,24)(H,21,25). The zero-order chi connectivity index (χ0) is 18.4. The topological polar surface area (TPSA) is 118 Å². The summed E-state index contributed by atoms with van der Waals surface area (Å²) < 4.78 is 0. The quantitative estimate of drug-likeness (QED) is 0.246. The van der Waals surface area contributed by atoms with Gasteiger partial charge in [-0.15, -0.1) is 0 Å². The first-order valence-corrected chi connectivity index (χ1v) is 7.53. The average Bonchev–Trinajstić information content (AvgIpc) is 2.60. The summed E-state index contributed by atoms with van der Waals surface area (Å²) in [6.45, 7) is 0. The minimum atomic E-state index is -1.11. The van der Waals surface area contributed by atoms with Crippen LogP contribution >= 0.6 is 11.6 Å². The third-order valence-corrected chi connectivity index (χ3v) is 3.49. The Labute approximate surface area is 148 Å². The lowest BCUT2D eigenvalue weighted by Gasteiger charge is -2.08. The summed E-state index contributed by atoms with van der Waals surface area (Å²) in [5.74, 6) is -3.30. The molecule has 0 fully saturated rings. The number of carbonyl (C=O) groups excluding carboxylic acids is 4. The molecule has 128 valence electrons. The van der Waals surface area contributed by atoms with Crippen molar-refractivity contribution in [1.82, 2.24) is 10.9 Å². The van der Waals surface area contributed by atoms with Crippen molar-refractivity contribution in [2.24, 2.45) is 0 Å². The Morgan fingerprint density at radius 3 is 2.20 bits per heavy atom. The minimum Gasteiger partial charge on any atom is -0.398 e. The van der Waals surface area contributed by atoms with Crippen LogP contribution in [-0.2, 0) is 9.59 Å². The van der Waals surface area contributed by atoms with Crippen LogP contribution in [0.3, 0.4) is 0 Å². The van der Waals surface area contributed by atoms with Crippen LogP contribution in [0.5, 0.6) is 0 Å². The molecule has 2 aromatic rings. The van der Waals surface area contributed by atoms with Gasteiger partial charge in [0.1, 0.15) is 0 Å². The van der Waals surface area contributed by atoms with Gasteiger partial charge in [0, 0.05) is 16.3 Å². The van der Waals surface area contributed by atoms with Gasteiger partial charge < -0.3 is 5.73 Å². The van der Waals surface area contributed by atoms with Gasteiger partial charge in [-0.25, -0.2) is 0 Å². The van der Waals surface area contributed by atoms with E-state index in [1.807, 2.05) is 5.43 Å². The van der Waals surface area contributed by atoms with Crippen molar-refractivity contribution in [1.29, 1.82) is 0 Å². The number of hydrogen-bond donors (Lipinski definition) is 3. The van der Waals surface area contributed by atoms with Crippen molar-refractivity contribution in [3.8, 4) is 0 Å². The van der Waals surface area contributed by atoms with Crippen molar-refractivity contribution in [2.75, 3.05) is 5.73 Å². The third kappa shape index (κ3) is 4.89. The molecule has 0 atom stereocenters. The van der Waals surface area contributed by atoms with E-state index in [9.17, 15) is 19.2 Å². The maximum Gasteiger partial charge on any atom is 0.306 e. The van der Waals surface area contributed by atoms with E-state index in [-0.39, 0.29) is 16.8 Å². The van der Waals surface area contributed by atoms with Gasteiger partial charge in [-0.05, 0) is 36.4 Å². The van der Waals surface area contributed by atoms with Crippen molar-refractivity contribution in [3.05, 3.63) is 64.7 Å². The number of nitrogens with two attached hydrogens (primary N) is 1. The molecule has 8 heteroatoms. The summed E-state index contributed by atoms with van der Waals surface area (Å²) in [6.07, 6.45) is -0.628. The highest BCUT2D eigenvalue weighted by Gasteiger charge is 2.20. The molecule has 7 nitrogen and oxygen atoms in total. The van der Waals surface area contributed by atoms with Gasteiger partial charge in [0.2, 0.25) is 5.78 Å². The third-order valence-electron chi connectivity index (χ3n) is 3.24. The van der Waals surface area contributed by atoms with E-state index in [4.69, 9.17) is 17.3 Å². The zero-order valence-corrected chi connectivity index (χ0v) is 13.7. The molecule has 2 amide bonds. The number of hydrazine groups is 1. The summed E-state index contributed by atoms with van der Waals surface area (Å²) >= 11 is 5.71. The Hall–Kier alpha value is -3.19. The van der Waals surface area contributed by atoms with E-state index in [2.05, 4.69) is 5.43 Å². The largest absolute Gasteiger partial charge is 0.398 e. The highest BCUT2D eigenvalue weighted by molar-refractivity contribution is 6.40. The van der Waals surface area contributed by atoms with E-state index in [1.54, 1.807) is 12.1 Å². The second kappa shape index (κ2) is 8.07. The molecular formula is C17H14ClN3O4. The molecular weight excluding hydrogens is 346 g/mol. The number of rotatable bonds is 5. The molecule has 0 unspecified atom stereocenters. The number of carbonyl (C=O) groups is 4. The summed E-state index contributed by atoms with van der Waals surface area (Å²) in [7, 11) is 0. The average molecular weight is 360 g/mol. The van der Waals surface area contributed by atoms with Gasteiger partial charge in [0.05, 0.1) is 12.0 Å². The number of Topliss-reactive ketones (excluding diaryl/α,β-unsaturated/α-hetero) is 2. The van der Waals surface area contributed by atoms with Gasteiger partial charge in [-0.3, -0.25) is 30.0 Å². The molecule has 0 saturated carbocycles. The first kappa shape index (κ1) is 18.2. The fourth-order valence-electron chi connectivity index (χ4n) is 1.92. The van der Waals surface area contributed by atoms with Crippen LogP contribution in [0.15, 0.2) is 48.5 Å². The van der Waals surface area contributed by atoms with Gasteiger partial charge in [0.15, 0.2) is 5.78 Å². The second-order valence-electron chi connectivity index (χ2n) is 5.03. The van der Waals surface area contributed by atoms with E-state index in [1.165, 1.54) is 36.4 Å². The summed E-state index contributed by atoms with van der Waals surface area (Å²) in [6, 6.07) is 12.1. The van der Waals surface area contributed by atoms with Crippen molar-refractivity contribution in [2.45, 2.75) is 6.42 Å². The number of hydrogen-bond acceptors (Lipinski definition) is 5. The number of ketones is 2. The number of benzene rings is 2. The Morgan fingerprint density at radius 2 is 1.56 bits per heavy atom. The van der Waals surface area contributed by atoms with Gasteiger partial charge >= 0.3 is 5.91 Å². The lowest BCUT2D eigenvalue weighted by atomic mass is 10.1. The van der Waals surface area contributed by atoms with E-state index >= 15 is 0 Å². The first-order chi connectivity index (χ1) is 11.9. The van der Waals surface area contributed by atoms with Crippen LogP contribution in [0.25, 0.3) is 0 Å². The maximum atomic E-state index is 11.9. The van der Waals surface area contributed by atoms with Gasteiger partial charge in [-0.1, -0.05) is 23.7 Å². The second-order valence-corrected chi connectivity index (χ2v) is 5.46. The Morgan fingerprint density at radius 1 is 0.920 bits per heavy atom. The number of halogens is 1. The molecule has 25 heavy (non-hydrogen) atoms. The van der Waals surface area contributed by atoms with E-state index < -0.39 is 29.8 Å². The summed E-state index contributed by atoms with van der Waals surface area (Å²) in [5.41, 5.74) is 10.3. The molecule has 0 saturated heterocycles. The van der Waals surface area contributed by atoms with Crippen LogP contribution in [0, 0.1) is 0 Å². The smallest absolute Gasteiger partial charge is 0.306 e. The number of anilines is 1. The Bertz CT molecular complexity index is 834. The fourth-order valence-corrected chi connectivity index (χ4v) is 2.04. The van der Waals surface area contributed by atoms with Gasteiger partial charge in [0.25, 0.3) is 5.91 Å². The van der Waals surface area contributed by atoms with Crippen LogP contribution in [0.1, 0.15) is 27.1 Å². The molecule has 0 bridgehead atoms. The van der Waals surface area contributed by atoms with Crippen molar-refractivity contribution < 1.29 is 19.2 Å². The monoisotopic (exact) mass is 359 g/mol.